The summed E-state index contributed by atoms with van der Waals surface area (Å²) in [5.41, 5.74) is 0.667. The number of hydrogen-bond donors (Lipinski definition) is 4. The van der Waals surface area contributed by atoms with Crippen LogP contribution < -0.4 is 10.6 Å². The summed E-state index contributed by atoms with van der Waals surface area (Å²) in [6.07, 6.45) is 0. The van der Waals surface area contributed by atoms with Gasteiger partial charge in [-0.25, -0.2) is 14.6 Å². The van der Waals surface area contributed by atoms with Gasteiger partial charge in [0.05, 0.1) is 0 Å². The van der Waals surface area contributed by atoms with Crippen molar-refractivity contribution in [2.24, 2.45) is 0 Å². The van der Waals surface area contributed by atoms with E-state index in [0.717, 1.165) is 9.80 Å². The van der Waals surface area contributed by atoms with Gasteiger partial charge < -0.3 is 20.8 Å². The van der Waals surface area contributed by atoms with Crippen LogP contribution in [0.4, 0.5) is 0 Å². The zero-order valence-corrected chi connectivity index (χ0v) is 21.6. The van der Waals surface area contributed by atoms with Gasteiger partial charge in [-0.2, -0.15) is 0 Å². The van der Waals surface area contributed by atoms with Crippen LogP contribution in [0.2, 0.25) is 0 Å². The van der Waals surface area contributed by atoms with E-state index in [2.05, 4.69) is 15.6 Å². The van der Waals surface area contributed by atoms with Gasteiger partial charge in [-0.3, -0.25) is 29.0 Å². The van der Waals surface area contributed by atoms with Gasteiger partial charge >= 0.3 is 11.9 Å². The Kier molecular flexibility index (Phi) is 6.43. The SMILES string of the molecule is CC1=C(C(=O)O)N2C(=O)[C@@H](NC(=O)c3cccc(C(=O)N[C@@H]4C(=O)N5C(C(=O)O)=C(C)CS[C@H]45)n3)[C@H]2SC1. The molecule has 0 aromatic carbocycles. The van der Waals surface area contributed by atoms with Crippen LogP contribution in [0.15, 0.2) is 40.7 Å². The number of pyridine rings is 1. The van der Waals surface area contributed by atoms with E-state index in [-0.39, 0.29) is 22.8 Å². The molecule has 4 N–H and O–H groups in total. The molecule has 13 nitrogen and oxygen atoms in total. The number of hydrogen-bond acceptors (Lipinski definition) is 9. The Morgan fingerprint density at radius 3 is 1.58 bits per heavy atom. The molecule has 0 aliphatic carbocycles. The lowest BCUT2D eigenvalue weighted by atomic mass is 10.0. The molecule has 4 atom stereocenters. The maximum atomic E-state index is 12.8. The second-order valence-electron chi connectivity index (χ2n) is 9.00. The Hall–Kier alpha value is -3.85. The minimum atomic E-state index is -1.21. The van der Waals surface area contributed by atoms with Crippen molar-refractivity contribution in [1.82, 2.24) is 25.4 Å². The third-order valence-electron chi connectivity index (χ3n) is 6.51. The summed E-state index contributed by atoms with van der Waals surface area (Å²) >= 11 is 2.67. The van der Waals surface area contributed by atoms with E-state index in [1.54, 1.807) is 13.8 Å². The molecular formula is C23H21N5O8S2. The first-order valence-electron chi connectivity index (χ1n) is 11.4. The van der Waals surface area contributed by atoms with Crippen molar-refractivity contribution in [2.75, 3.05) is 11.5 Å². The van der Waals surface area contributed by atoms with Crippen LogP contribution >= 0.6 is 23.5 Å². The fourth-order valence-corrected chi connectivity index (χ4v) is 7.25. The standard InChI is InChI=1S/C23H21N5O8S2/c1-8-6-37-20-12(18(31)27(20)14(8)22(33)34)25-16(29)10-4-3-5-11(24-10)17(30)26-13-19(32)28-15(23(35)36)9(2)7-38-21(13)28/h3-5,12-13,20-21H,6-7H2,1-2H3,(H,25,29)(H,26,30)(H,33,34)(H,35,36)/t12-,13-,20-,21-/m1/s1. The molecule has 0 spiro atoms. The molecule has 1 aromatic rings. The first-order chi connectivity index (χ1) is 18.0. The van der Waals surface area contributed by atoms with E-state index in [0.29, 0.717) is 22.7 Å². The number of carboxylic acids is 2. The second-order valence-corrected chi connectivity index (χ2v) is 11.2. The van der Waals surface area contributed by atoms with Gasteiger partial charge in [0, 0.05) is 11.5 Å². The number of carboxylic acid groups (broad SMARTS) is 2. The molecule has 5 rings (SSSR count). The fraction of sp³-hybridized carbons (Fsp3) is 0.348. The number of aromatic nitrogens is 1. The van der Waals surface area contributed by atoms with Gasteiger partial charge in [0.25, 0.3) is 23.6 Å². The number of amides is 4. The molecule has 0 unspecified atom stereocenters. The Morgan fingerprint density at radius 1 is 0.816 bits per heavy atom. The van der Waals surface area contributed by atoms with Gasteiger partial charge in [0.1, 0.15) is 45.6 Å². The van der Waals surface area contributed by atoms with E-state index >= 15 is 0 Å². The molecule has 2 fully saturated rings. The van der Waals surface area contributed by atoms with Crippen molar-refractivity contribution >= 4 is 59.1 Å². The highest BCUT2D eigenvalue weighted by molar-refractivity contribution is 8.00. The van der Waals surface area contributed by atoms with Crippen molar-refractivity contribution in [3.05, 3.63) is 52.1 Å². The lowest BCUT2D eigenvalue weighted by molar-refractivity contribution is -0.148. The van der Waals surface area contributed by atoms with Crippen LogP contribution in [0.1, 0.15) is 34.8 Å². The number of aliphatic carboxylic acids is 2. The minimum absolute atomic E-state index is 0.0811. The van der Waals surface area contributed by atoms with Gasteiger partial charge in [-0.15, -0.1) is 23.5 Å². The molecule has 4 aliphatic rings. The highest BCUT2D eigenvalue weighted by Gasteiger charge is 2.55. The average molecular weight is 560 g/mol. The number of carbonyl (C=O) groups excluding carboxylic acids is 4. The van der Waals surface area contributed by atoms with Crippen LogP contribution in [0, 0.1) is 0 Å². The molecule has 198 valence electrons. The largest absolute Gasteiger partial charge is 0.477 e. The Morgan fingerprint density at radius 2 is 1.21 bits per heavy atom. The molecule has 0 radical (unpaired) electrons. The number of nitrogens with zero attached hydrogens (tertiary/aromatic N) is 3. The number of thioether (sulfide) groups is 2. The minimum Gasteiger partial charge on any atom is -0.477 e. The van der Waals surface area contributed by atoms with E-state index in [4.69, 9.17) is 0 Å². The Balaban J connectivity index is 1.25. The number of β-lactam (4-membered cyclic amide) rings is 2. The summed E-state index contributed by atoms with van der Waals surface area (Å²) < 4.78 is 0. The normalized spacial score (nSPS) is 26.2. The summed E-state index contributed by atoms with van der Waals surface area (Å²) in [4.78, 5) is 80.5. The van der Waals surface area contributed by atoms with Gasteiger partial charge in [-0.1, -0.05) is 6.07 Å². The zero-order chi connectivity index (χ0) is 27.5. The molecular weight excluding hydrogens is 538 g/mol. The third-order valence-corrected chi connectivity index (χ3v) is 9.36. The second kappa shape index (κ2) is 9.47. The maximum Gasteiger partial charge on any atom is 0.352 e. The molecule has 1 aromatic heterocycles. The highest BCUT2D eigenvalue weighted by Crippen LogP contribution is 2.41. The molecule has 4 amide bonds. The first kappa shape index (κ1) is 25.8. The molecule has 0 bridgehead atoms. The van der Waals surface area contributed by atoms with Crippen LogP contribution in [0.25, 0.3) is 0 Å². The summed E-state index contributed by atoms with van der Waals surface area (Å²) in [6, 6.07) is 2.24. The van der Waals surface area contributed by atoms with E-state index in [1.807, 2.05) is 0 Å². The molecule has 2 saturated heterocycles. The zero-order valence-electron chi connectivity index (χ0n) is 20.0. The van der Waals surface area contributed by atoms with Crippen molar-refractivity contribution in [2.45, 2.75) is 36.7 Å². The summed E-state index contributed by atoms with van der Waals surface area (Å²) in [6.45, 7) is 3.27. The number of fused-ring (bicyclic) bond motifs is 2. The quantitative estimate of drug-likeness (QED) is 0.339. The lowest BCUT2D eigenvalue weighted by Crippen LogP contribution is -2.70. The monoisotopic (exact) mass is 559 g/mol. The summed E-state index contributed by atoms with van der Waals surface area (Å²) in [7, 11) is 0. The van der Waals surface area contributed by atoms with Gasteiger partial charge in [0.15, 0.2) is 0 Å². The highest BCUT2D eigenvalue weighted by atomic mass is 32.2. The predicted octanol–water partition coefficient (Wildman–Crippen LogP) is -0.174. The maximum absolute atomic E-state index is 12.8. The first-order valence-corrected chi connectivity index (χ1v) is 13.4. The van der Waals surface area contributed by atoms with E-state index in [9.17, 15) is 39.0 Å². The number of carbonyl (C=O) groups is 6. The number of nitrogens with one attached hydrogen (secondary N) is 2. The van der Waals surface area contributed by atoms with E-state index in [1.165, 1.54) is 41.7 Å². The van der Waals surface area contributed by atoms with E-state index < -0.39 is 58.4 Å². The van der Waals surface area contributed by atoms with Crippen LogP contribution in [0.5, 0.6) is 0 Å². The smallest absolute Gasteiger partial charge is 0.352 e. The van der Waals surface area contributed by atoms with Crippen molar-refractivity contribution < 1.29 is 39.0 Å². The van der Waals surface area contributed by atoms with Crippen LogP contribution in [-0.2, 0) is 19.2 Å². The predicted molar refractivity (Wildman–Crippen MR) is 134 cm³/mol. The Bertz CT molecular complexity index is 1290. The van der Waals surface area contributed by atoms with Crippen molar-refractivity contribution in [3.63, 3.8) is 0 Å². The average Bonchev–Trinajstić information content (AvgIpc) is 2.89. The van der Waals surface area contributed by atoms with Crippen molar-refractivity contribution in [3.8, 4) is 0 Å². The topological polar surface area (TPSA) is 186 Å². The van der Waals surface area contributed by atoms with Gasteiger partial charge in [0.2, 0.25) is 0 Å². The fourth-order valence-electron chi connectivity index (χ4n) is 4.67. The molecule has 0 saturated carbocycles. The van der Waals surface area contributed by atoms with Crippen LogP contribution in [-0.4, -0.2) is 94.9 Å². The molecule has 5 heterocycles. The lowest BCUT2D eigenvalue weighted by Gasteiger charge is -2.49. The van der Waals surface area contributed by atoms with Gasteiger partial charge in [-0.05, 0) is 37.1 Å². The molecule has 15 heteroatoms. The third kappa shape index (κ3) is 4.01. The number of rotatable bonds is 6. The van der Waals surface area contributed by atoms with Crippen molar-refractivity contribution in [1.29, 1.82) is 0 Å². The molecule has 38 heavy (non-hydrogen) atoms. The van der Waals surface area contributed by atoms with Crippen LogP contribution in [0.3, 0.4) is 0 Å². The Labute approximate surface area is 223 Å². The molecule has 4 aliphatic heterocycles. The summed E-state index contributed by atoms with van der Waals surface area (Å²) in [5, 5.41) is 22.9. The summed E-state index contributed by atoms with van der Waals surface area (Å²) in [5.74, 6) is -4.17.